The van der Waals surface area contributed by atoms with E-state index in [9.17, 15) is 0 Å². The van der Waals surface area contributed by atoms with Crippen LogP contribution in [0.25, 0.3) is 0 Å². The topological polar surface area (TPSA) is 29.9 Å². The molecule has 1 aromatic rings. The fourth-order valence-corrected chi connectivity index (χ4v) is 2.07. The maximum Gasteiger partial charge on any atom is 0.203 e. The van der Waals surface area contributed by atoms with Crippen molar-refractivity contribution < 1.29 is 0 Å². The van der Waals surface area contributed by atoms with Crippen molar-refractivity contribution in [3.63, 3.8) is 0 Å². The van der Waals surface area contributed by atoms with Crippen LogP contribution < -0.4 is 5.32 Å². The molecule has 0 aliphatic rings. The molecular weight excluding hydrogens is 222 g/mol. The third-order valence-electron chi connectivity index (χ3n) is 3.01. The van der Waals surface area contributed by atoms with Gasteiger partial charge in [0.25, 0.3) is 0 Å². The largest absolute Gasteiger partial charge is 0.353 e. The zero-order valence-electron chi connectivity index (χ0n) is 12.8. The predicted molar refractivity (Wildman–Crippen MR) is 79.0 cm³/mol. The number of nitrogens with one attached hydrogen (secondary N) is 1. The lowest BCUT2D eigenvalue weighted by atomic mass is 10.0. The quantitative estimate of drug-likeness (QED) is 0.791. The molecule has 1 heterocycles. The number of rotatable bonds is 7. The van der Waals surface area contributed by atoms with Crippen molar-refractivity contribution in [3.8, 4) is 0 Å². The van der Waals surface area contributed by atoms with Crippen LogP contribution in [0.4, 0.5) is 5.95 Å². The molecule has 0 saturated carbocycles. The van der Waals surface area contributed by atoms with Gasteiger partial charge in [-0.15, -0.1) is 0 Å². The van der Waals surface area contributed by atoms with Crippen LogP contribution in [0.1, 0.15) is 53.2 Å². The highest BCUT2D eigenvalue weighted by molar-refractivity contribution is 5.30. The van der Waals surface area contributed by atoms with Gasteiger partial charge in [0, 0.05) is 18.8 Å². The molecule has 1 N–H and O–H groups in total. The van der Waals surface area contributed by atoms with Crippen molar-refractivity contribution in [3.05, 3.63) is 11.9 Å². The third-order valence-corrected chi connectivity index (χ3v) is 3.01. The fraction of sp³-hybridized carbons (Fsp3) is 0.800. The van der Waals surface area contributed by atoms with Crippen molar-refractivity contribution in [2.75, 3.05) is 5.32 Å². The first-order chi connectivity index (χ1) is 8.38. The van der Waals surface area contributed by atoms with Crippen molar-refractivity contribution in [1.82, 2.24) is 9.55 Å². The highest BCUT2D eigenvalue weighted by Gasteiger charge is 2.10. The van der Waals surface area contributed by atoms with E-state index in [1.54, 1.807) is 0 Å². The number of anilines is 1. The number of aryl methyl sites for hydroxylation is 1. The van der Waals surface area contributed by atoms with E-state index in [1.807, 2.05) is 0 Å². The smallest absolute Gasteiger partial charge is 0.203 e. The standard InChI is InChI=1S/C15H29N3/c1-11(2)7-8-13(5)16-15-17-14(6)10-18(15)9-12(3)4/h10-13H,7-9H2,1-6H3,(H,16,17). The Kier molecular flexibility index (Phi) is 5.70. The van der Waals surface area contributed by atoms with Gasteiger partial charge in [-0.2, -0.15) is 0 Å². The van der Waals surface area contributed by atoms with Crippen LogP contribution in [-0.4, -0.2) is 15.6 Å². The Bertz CT molecular complexity index is 353. The van der Waals surface area contributed by atoms with Gasteiger partial charge in [0.1, 0.15) is 0 Å². The summed E-state index contributed by atoms with van der Waals surface area (Å²) in [6, 6.07) is 0.486. The van der Waals surface area contributed by atoms with Crippen LogP contribution >= 0.6 is 0 Å². The van der Waals surface area contributed by atoms with E-state index < -0.39 is 0 Å². The van der Waals surface area contributed by atoms with Crippen molar-refractivity contribution >= 4 is 5.95 Å². The second-order valence-corrected chi connectivity index (χ2v) is 6.27. The van der Waals surface area contributed by atoms with Crippen LogP contribution in [0, 0.1) is 18.8 Å². The van der Waals surface area contributed by atoms with E-state index >= 15 is 0 Å². The molecule has 1 atom stereocenters. The summed E-state index contributed by atoms with van der Waals surface area (Å²) in [5.41, 5.74) is 1.09. The molecule has 18 heavy (non-hydrogen) atoms. The summed E-state index contributed by atoms with van der Waals surface area (Å²) in [5, 5.41) is 3.54. The Morgan fingerprint density at radius 1 is 1.11 bits per heavy atom. The Morgan fingerprint density at radius 3 is 2.33 bits per heavy atom. The van der Waals surface area contributed by atoms with E-state index in [0.717, 1.165) is 24.1 Å². The molecule has 0 spiro atoms. The maximum atomic E-state index is 4.58. The molecule has 1 unspecified atom stereocenters. The summed E-state index contributed by atoms with van der Waals surface area (Å²) < 4.78 is 2.24. The second kappa shape index (κ2) is 6.81. The summed E-state index contributed by atoms with van der Waals surface area (Å²) in [6.07, 6.45) is 4.60. The Hall–Kier alpha value is -0.990. The van der Waals surface area contributed by atoms with E-state index in [4.69, 9.17) is 0 Å². The molecular formula is C15H29N3. The normalized spacial score (nSPS) is 13.3. The molecule has 0 aliphatic carbocycles. The minimum atomic E-state index is 0.486. The van der Waals surface area contributed by atoms with E-state index in [-0.39, 0.29) is 0 Å². The Labute approximate surface area is 112 Å². The zero-order chi connectivity index (χ0) is 13.7. The van der Waals surface area contributed by atoms with E-state index in [1.165, 1.54) is 12.8 Å². The Morgan fingerprint density at radius 2 is 1.78 bits per heavy atom. The molecule has 3 heteroatoms. The number of aromatic nitrogens is 2. The molecule has 1 rings (SSSR count). The van der Waals surface area contributed by atoms with Gasteiger partial charge < -0.3 is 9.88 Å². The van der Waals surface area contributed by atoms with Gasteiger partial charge in [-0.3, -0.25) is 0 Å². The summed E-state index contributed by atoms with van der Waals surface area (Å²) >= 11 is 0. The lowest BCUT2D eigenvalue weighted by molar-refractivity contribution is 0.510. The van der Waals surface area contributed by atoms with Gasteiger partial charge in [-0.05, 0) is 38.5 Å². The van der Waals surface area contributed by atoms with Crippen LogP contribution in [-0.2, 0) is 6.54 Å². The molecule has 0 aliphatic heterocycles. The average molecular weight is 251 g/mol. The summed E-state index contributed by atoms with van der Waals surface area (Å²) in [6.45, 7) is 14.3. The highest BCUT2D eigenvalue weighted by atomic mass is 15.2. The summed E-state index contributed by atoms with van der Waals surface area (Å²) in [4.78, 5) is 4.58. The number of hydrogen-bond acceptors (Lipinski definition) is 2. The van der Waals surface area contributed by atoms with E-state index in [2.05, 4.69) is 62.6 Å². The number of imidazole rings is 1. The third kappa shape index (κ3) is 5.11. The fourth-order valence-electron chi connectivity index (χ4n) is 2.07. The molecule has 0 amide bonds. The first-order valence-corrected chi connectivity index (χ1v) is 7.18. The molecule has 0 bridgehead atoms. The van der Waals surface area contributed by atoms with Crippen LogP contribution in [0.15, 0.2) is 6.20 Å². The van der Waals surface area contributed by atoms with Crippen LogP contribution in [0.5, 0.6) is 0 Å². The molecule has 0 saturated heterocycles. The minimum absolute atomic E-state index is 0.486. The lowest BCUT2D eigenvalue weighted by Crippen LogP contribution is -2.19. The van der Waals surface area contributed by atoms with Gasteiger partial charge in [0.05, 0.1) is 5.69 Å². The van der Waals surface area contributed by atoms with Gasteiger partial charge in [-0.25, -0.2) is 4.98 Å². The maximum absolute atomic E-state index is 4.58. The number of hydrogen-bond donors (Lipinski definition) is 1. The second-order valence-electron chi connectivity index (χ2n) is 6.27. The zero-order valence-corrected chi connectivity index (χ0v) is 12.8. The molecule has 104 valence electrons. The van der Waals surface area contributed by atoms with Crippen LogP contribution in [0.3, 0.4) is 0 Å². The van der Waals surface area contributed by atoms with Gasteiger partial charge >= 0.3 is 0 Å². The van der Waals surface area contributed by atoms with Gasteiger partial charge in [0.2, 0.25) is 5.95 Å². The van der Waals surface area contributed by atoms with E-state index in [0.29, 0.717) is 12.0 Å². The average Bonchev–Trinajstić information content (AvgIpc) is 2.55. The first-order valence-electron chi connectivity index (χ1n) is 7.18. The lowest BCUT2D eigenvalue weighted by Gasteiger charge is -2.17. The highest BCUT2D eigenvalue weighted by Crippen LogP contribution is 2.15. The molecule has 3 nitrogen and oxygen atoms in total. The summed E-state index contributed by atoms with van der Waals surface area (Å²) in [5.74, 6) is 2.44. The minimum Gasteiger partial charge on any atom is -0.353 e. The molecule has 1 aromatic heterocycles. The van der Waals surface area contributed by atoms with Crippen molar-refractivity contribution in [2.24, 2.45) is 11.8 Å². The van der Waals surface area contributed by atoms with Crippen molar-refractivity contribution in [1.29, 1.82) is 0 Å². The van der Waals surface area contributed by atoms with Gasteiger partial charge in [0.15, 0.2) is 0 Å². The Balaban J connectivity index is 2.59. The predicted octanol–water partition coefficient (Wildman–Crippen LogP) is 4.08. The SMILES string of the molecule is Cc1cn(CC(C)C)c(NC(C)CCC(C)C)n1. The van der Waals surface area contributed by atoms with Gasteiger partial charge in [-0.1, -0.05) is 27.7 Å². The number of nitrogens with zero attached hydrogens (tertiary/aromatic N) is 2. The van der Waals surface area contributed by atoms with Crippen LogP contribution in [0.2, 0.25) is 0 Å². The molecule has 0 fully saturated rings. The molecule has 0 radical (unpaired) electrons. The molecule has 0 aromatic carbocycles. The first kappa shape index (κ1) is 15.1. The van der Waals surface area contributed by atoms with Crippen molar-refractivity contribution in [2.45, 2.75) is 67.0 Å². The summed E-state index contributed by atoms with van der Waals surface area (Å²) in [7, 11) is 0. The monoisotopic (exact) mass is 251 g/mol.